The van der Waals surface area contributed by atoms with E-state index in [0.717, 1.165) is 5.56 Å². The first kappa shape index (κ1) is 15.4. The number of likely N-dealkylation sites (tertiary alicyclic amines) is 1. The molecule has 1 unspecified atom stereocenters. The Kier molecular flexibility index (Phi) is 3.94. The molecule has 1 atom stereocenters. The van der Waals surface area contributed by atoms with Gasteiger partial charge in [0.15, 0.2) is 0 Å². The van der Waals surface area contributed by atoms with Gasteiger partial charge in [0.05, 0.1) is 11.0 Å². The molecule has 0 aromatic heterocycles. The lowest BCUT2D eigenvalue weighted by molar-refractivity contribution is -0.150. The SMILES string of the molecule is Cc1ccc(N)c(C(=O)N2CCC(C(=O)O)(C(C)C)C2)c1. The van der Waals surface area contributed by atoms with Crippen LogP contribution < -0.4 is 5.73 Å². The first-order valence-electron chi connectivity index (χ1n) is 7.17. The summed E-state index contributed by atoms with van der Waals surface area (Å²) in [5.41, 5.74) is 6.88. The minimum atomic E-state index is -0.853. The number of aryl methyl sites for hydroxylation is 1. The average molecular weight is 290 g/mol. The number of amides is 1. The number of aliphatic carboxylic acids is 1. The van der Waals surface area contributed by atoms with Crippen LogP contribution in [0.3, 0.4) is 0 Å². The van der Waals surface area contributed by atoms with E-state index < -0.39 is 11.4 Å². The standard InChI is InChI=1S/C16H22N2O3/c1-10(2)16(15(20)21)6-7-18(9-16)14(19)12-8-11(3)4-5-13(12)17/h4-5,8,10H,6-7,9,17H2,1-3H3,(H,20,21). The van der Waals surface area contributed by atoms with Crippen molar-refractivity contribution >= 4 is 17.6 Å². The van der Waals surface area contributed by atoms with Crippen LogP contribution in [0.1, 0.15) is 36.2 Å². The number of rotatable bonds is 3. The molecule has 21 heavy (non-hydrogen) atoms. The van der Waals surface area contributed by atoms with E-state index in [1.807, 2.05) is 26.8 Å². The highest BCUT2D eigenvalue weighted by Gasteiger charge is 2.48. The van der Waals surface area contributed by atoms with Crippen molar-refractivity contribution in [3.63, 3.8) is 0 Å². The summed E-state index contributed by atoms with van der Waals surface area (Å²) in [6.07, 6.45) is 0.484. The Hall–Kier alpha value is -2.04. The molecule has 1 fully saturated rings. The molecule has 2 rings (SSSR count). The second-order valence-electron chi connectivity index (χ2n) is 6.18. The maximum Gasteiger partial charge on any atom is 0.311 e. The second kappa shape index (κ2) is 5.39. The van der Waals surface area contributed by atoms with Gasteiger partial charge in [-0.05, 0) is 31.4 Å². The van der Waals surface area contributed by atoms with Crippen molar-refractivity contribution in [2.75, 3.05) is 18.8 Å². The summed E-state index contributed by atoms with van der Waals surface area (Å²) in [5, 5.41) is 9.54. The van der Waals surface area contributed by atoms with Gasteiger partial charge in [0, 0.05) is 18.8 Å². The van der Waals surface area contributed by atoms with Crippen LogP contribution >= 0.6 is 0 Å². The van der Waals surface area contributed by atoms with Crippen LogP contribution in [0.5, 0.6) is 0 Å². The molecule has 1 amide bonds. The Morgan fingerprint density at radius 1 is 1.38 bits per heavy atom. The Balaban J connectivity index is 2.27. The number of benzene rings is 1. The molecule has 1 aromatic rings. The van der Waals surface area contributed by atoms with Crippen molar-refractivity contribution in [1.29, 1.82) is 0 Å². The molecule has 5 heteroatoms. The monoisotopic (exact) mass is 290 g/mol. The third-order valence-corrected chi connectivity index (χ3v) is 4.56. The van der Waals surface area contributed by atoms with Crippen LogP contribution in [-0.2, 0) is 4.79 Å². The molecule has 0 saturated carbocycles. The van der Waals surface area contributed by atoms with Crippen LogP contribution in [-0.4, -0.2) is 35.0 Å². The van der Waals surface area contributed by atoms with Crippen LogP contribution in [0.2, 0.25) is 0 Å². The summed E-state index contributed by atoms with van der Waals surface area (Å²) < 4.78 is 0. The smallest absolute Gasteiger partial charge is 0.311 e. The molecule has 0 bridgehead atoms. The number of nitrogen functional groups attached to an aromatic ring is 1. The number of nitrogens with two attached hydrogens (primary N) is 1. The van der Waals surface area contributed by atoms with E-state index in [4.69, 9.17) is 5.73 Å². The molecule has 0 radical (unpaired) electrons. The molecule has 1 saturated heterocycles. The number of carboxylic acids is 1. The van der Waals surface area contributed by atoms with E-state index in [1.165, 1.54) is 0 Å². The Bertz CT molecular complexity index is 583. The van der Waals surface area contributed by atoms with Crippen LogP contribution in [0.4, 0.5) is 5.69 Å². The van der Waals surface area contributed by atoms with Crippen molar-refractivity contribution < 1.29 is 14.7 Å². The Morgan fingerprint density at radius 2 is 2.05 bits per heavy atom. The van der Waals surface area contributed by atoms with Crippen LogP contribution in [0, 0.1) is 18.3 Å². The normalized spacial score (nSPS) is 21.8. The van der Waals surface area contributed by atoms with Crippen molar-refractivity contribution in [1.82, 2.24) is 4.90 Å². The van der Waals surface area contributed by atoms with Gasteiger partial charge in [0.1, 0.15) is 0 Å². The minimum absolute atomic E-state index is 0.0253. The number of carbonyl (C=O) groups excluding carboxylic acids is 1. The molecule has 5 nitrogen and oxygen atoms in total. The Morgan fingerprint density at radius 3 is 2.57 bits per heavy atom. The molecule has 1 heterocycles. The van der Waals surface area contributed by atoms with Gasteiger partial charge in [0.2, 0.25) is 0 Å². The van der Waals surface area contributed by atoms with Gasteiger partial charge in [-0.15, -0.1) is 0 Å². The van der Waals surface area contributed by atoms with Gasteiger partial charge in [-0.2, -0.15) is 0 Å². The summed E-state index contributed by atoms with van der Waals surface area (Å²) in [5.74, 6) is -1.03. The zero-order valence-corrected chi connectivity index (χ0v) is 12.7. The van der Waals surface area contributed by atoms with Gasteiger partial charge in [0.25, 0.3) is 5.91 Å². The van der Waals surface area contributed by atoms with Crippen molar-refractivity contribution in [2.24, 2.45) is 11.3 Å². The van der Waals surface area contributed by atoms with Gasteiger partial charge < -0.3 is 15.7 Å². The first-order chi connectivity index (χ1) is 9.78. The van der Waals surface area contributed by atoms with E-state index in [9.17, 15) is 14.7 Å². The predicted molar refractivity (Wildman–Crippen MR) is 81.0 cm³/mol. The van der Waals surface area contributed by atoms with E-state index >= 15 is 0 Å². The lowest BCUT2D eigenvalue weighted by Gasteiger charge is -2.28. The third kappa shape index (κ3) is 2.60. The molecule has 0 aliphatic carbocycles. The fourth-order valence-electron chi connectivity index (χ4n) is 2.92. The van der Waals surface area contributed by atoms with E-state index in [1.54, 1.807) is 17.0 Å². The first-order valence-corrected chi connectivity index (χ1v) is 7.17. The fourth-order valence-corrected chi connectivity index (χ4v) is 2.92. The summed E-state index contributed by atoms with van der Waals surface area (Å²) in [6, 6.07) is 5.32. The zero-order chi connectivity index (χ0) is 15.8. The molecule has 1 aliphatic rings. The van der Waals surface area contributed by atoms with Crippen LogP contribution in [0.25, 0.3) is 0 Å². The number of anilines is 1. The Labute approximate surface area is 124 Å². The summed E-state index contributed by atoms with van der Waals surface area (Å²) in [6.45, 7) is 6.38. The van der Waals surface area contributed by atoms with E-state index in [-0.39, 0.29) is 18.4 Å². The van der Waals surface area contributed by atoms with Gasteiger partial charge >= 0.3 is 5.97 Å². The lowest BCUT2D eigenvalue weighted by Crippen LogP contribution is -2.40. The average Bonchev–Trinajstić information content (AvgIpc) is 2.87. The number of hydrogen-bond donors (Lipinski definition) is 2. The van der Waals surface area contributed by atoms with Crippen molar-refractivity contribution in [2.45, 2.75) is 27.2 Å². The lowest BCUT2D eigenvalue weighted by atomic mass is 9.76. The fraction of sp³-hybridized carbons (Fsp3) is 0.500. The van der Waals surface area contributed by atoms with Gasteiger partial charge in [-0.1, -0.05) is 25.5 Å². The van der Waals surface area contributed by atoms with Gasteiger partial charge in [-0.3, -0.25) is 9.59 Å². The molecular formula is C16H22N2O3. The number of carboxylic acid groups (broad SMARTS) is 1. The summed E-state index contributed by atoms with van der Waals surface area (Å²) in [7, 11) is 0. The summed E-state index contributed by atoms with van der Waals surface area (Å²) in [4.78, 5) is 25.8. The van der Waals surface area contributed by atoms with E-state index in [0.29, 0.717) is 24.2 Å². The van der Waals surface area contributed by atoms with Gasteiger partial charge in [-0.25, -0.2) is 0 Å². The highest BCUT2D eigenvalue weighted by atomic mass is 16.4. The predicted octanol–water partition coefficient (Wildman–Crippen LogP) is 2.15. The van der Waals surface area contributed by atoms with Crippen LogP contribution in [0.15, 0.2) is 18.2 Å². The highest BCUT2D eigenvalue weighted by Crippen LogP contribution is 2.39. The quantitative estimate of drug-likeness (QED) is 0.835. The minimum Gasteiger partial charge on any atom is -0.481 e. The molecule has 3 N–H and O–H groups in total. The van der Waals surface area contributed by atoms with E-state index in [2.05, 4.69) is 0 Å². The topological polar surface area (TPSA) is 83.6 Å². The van der Waals surface area contributed by atoms with Crippen molar-refractivity contribution in [3.05, 3.63) is 29.3 Å². The molecule has 0 spiro atoms. The largest absolute Gasteiger partial charge is 0.481 e. The molecule has 114 valence electrons. The maximum absolute atomic E-state index is 12.6. The maximum atomic E-state index is 12.6. The third-order valence-electron chi connectivity index (χ3n) is 4.56. The molecule has 1 aliphatic heterocycles. The summed E-state index contributed by atoms with van der Waals surface area (Å²) >= 11 is 0. The number of hydrogen-bond acceptors (Lipinski definition) is 3. The highest BCUT2D eigenvalue weighted by molar-refractivity contribution is 6.00. The zero-order valence-electron chi connectivity index (χ0n) is 12.7. The number of nitrogens with zero attached hydrogens (tertiary/aromatic N) is 1. The number of carbonyl (C=O) groups is 2. The van der Waals surface area contributed by atoms with Crippen molar-refractivity contribution in [3.8, 4) is 0 Å². The molecular weight excluding hydrogens is 268 g/mol. The second-order valence-corrected chi connectivity index (χ2v) is 6.18. The molecule has 1 aromatic carbocycles.